The van der Waals surface area contributed by atoms with Crippen LogP contribution < -0.4 is 5.32 Å². The highest BCUT2D eigenvalue weighted by Crippen LogP contribution is 2.11. The van der Waals surface area contributed by atoms with Crippen LogP contribution in [0.4, 0.5) is 0 Å². The molecule has 0 aromatic carbocycles. The van der Waals surface area contributed by atoms with Crippen LogP contribution in [0.2, 0.25) is 0 Å². The first-order chi connectivity index (χ1) is 20.7. The number of aliphatic hydroxyl groups is 2. The number of aliphatic hydroxyl groups excluding tert-OH is 2. The summed E-state index contributed by atoms with van der Waals surface area (Å²) in [6.45, 7) is 3.97. The van der Waals surface area contributed by atoms with Crippen molar-refractivity contribution in [1.29, 1.82) is 0 Å². The van der Waals surface area contributed by atoms with Crippen molar-refractivity contribution in [3.63, 3.8) is 0 Å². The van der Waals surface area contributed by atoms with Gasteiger partial charge in [0.05, 0.1) is 18.8 Å². The second kappa shape index (κ2) is 33.1. The van der Waals surface area contributed by atoms with Gasteiger partial charge in [0.25, 0.3) is 0 Å². The largest absolute Gasteiger partial charge is 0.394 e. The third-order valence-electron chi connectivity index (χ3n) is 6.87. The zero-order valence-corrected chi connectivity index (χ0v) is 27.0. The Hall–Kier alpha value is -2.43. The molecule has 0 rings (SSSR count). The van der Waals surface area contributed by atoms with Crippen molar-refractivity contribution in [3.05, 3.63) is 85.1 Å². The molecule has 2 unspecified atom stereocenters. The lowest BCUT2D eigenvalue weighted by Crippen LogP contribution is -2.45. The highest BCUT2D eigenvalue weighted by Gasteiger charge is 2.17. The van der Waals surface area contributed by atoms with Gasteiger partial charge in [-0.3, -0.25) is 4.79 Å². The molecular weight excluding hydrogens is 518 g/mol. The lowest BCUT2D eigenvalue weighted by Gasteiger charge is -2.19. The van der Waals surface area contributed by atoms with Crippen molar-refractivity contribution in [2.45, 2.75) is 142 Å². The Morgan fingerprint density at radius 2 is 1.05 bits per heavy atom. The molecule has 0 spiro atoms. The van der Waals surface area contributed by atoms with Gasteiger partial charge in [0.2, 0.25) is 5.91 Å². The molecule has 0 saturated heterocycles. The minimum absolute atomic E-state index is 0.0913. The van der Waals surface area contributed by atoms with Crippen LogP contribution in [0, 0.1) is 0 Å². The van der Waals surface area contributed by atoms with Gasteiger partial charge in [0.15, 0.2) is 0 Å². The summed E-state index contributed by atoms with van der Waals surface area (Å²) in [7, 11) is 0. The summed E-state index contributed by atoms with van der Waals surface area (Å²) in [5.74, 6) is -0.0913. The second-order valence-electron chi connectivity index (χ2n) is 10.8. The predicted octanol–water partition coefficient (Wildman–Crippen LogP) is 9.78. The first-order valence-electron chi connectivity index (χ1n) is 16.8. The molecule has 0 aliphatic carbocycles. The van der Waals surface area contributed by atoms with Gasteiger partial charge < -0.3 is 15.5 Å². The third-order valence-corrected chi connectivity index (χ3v) is 6.87. The first kappa shape index (κ1) is 39.6. The molecule has 0 aromatic rings. The highest BCUT2D eigenvalue weighted by molar-refractivity contribution is 5.76. The van der Waals surface area contributed by atoms with E-state index in [0.29, 0.717) is 6.42 Å². The fraction of sp³-hybridized carbons (Fsp3) is 0.605. The summed E-state index contributed by atoms with van der Waals surface area (Å²) in [6.07, 6.45) is 48.7. The topological polar surface area (TPSA) is 69.6 Å². The maximum absolute atomic E-state index is 12.1. The van der Waals surface area contributed by atoms with Gasteiger partial charge in [-0.05, 0) is 64.2 Å². The van der Waals surface area contributed by atoms with Gasteiger partial charge in [0, 0.05) is 6.42 Å². The van der Waals surface area contributed by atoms with E-state index in [1.54, 1.807) is 6.08 Å². The van der Waals surface area contributed by atoms with Crippen LogP contribution in [0.3, 0.4) is 0 Å². The van der Waals surface area contributed by atoms with Crippen molar-refractivity contribution >= 4 is 5.91 Å². The van der Waals surface area contributed by atoms with Gasteiger partial charge in [0.1, 0.15) is 0 Å². The molecule has 1 amide bonds. The van der Waals surface area contributed by atoms with Gasteiger partial charge in [-0.15, -0.1) is 0 Å². The van der Waals surface area contributed by atoms with Gasteiger partial charge in [-0.25, -0.2) is 0 Å². The van der Waals surface area contributed by atoms with Crippen molar-refractivity contribution in [2.24, 2.45) is 0 Å². The van der Waals surface area contributed by atoms with E-state index in [0.717, 1.165) is 77.0 Å². The summed E-state index contributed by atoms with van der Waals surface area (Å²) in [5, 5.41) is 22.3. The number of hydrogen-bond acceptors (Lipinski definition) is 3. The molecule has 0 bridgehead atoms. The fourth-order valence-corrected chi connectivity index (χ4v) is 4.30. The molecule has 0 heterocycles. The zero-order valence-electron chi connectivity index (χ0n) is 27.0. The number of unbranched alkanes of at least 4 members (excludes halogenated alkanes) is 9. The van der Waals surface area contributed by atoms with Crippen LogP contribution in [-0.2, 0) is 4.79 Å². The standard InChI is InChI=1S/C38H63NO3/c1-3-5-7-8-9-10-11-12-13-14-15-16-17-18-19-20-21-22-23-24-25-26-27-28-29-30-32-34-38(42)39-36(35-40)37(41)33-31-6-4-2/h5,7,9-10,12-13,15-16,18-19,21-22,31,33,36-37,40-41H,3-4,6,8,11,14,17,20,23-30,32,34-35H2,1-2H3,(H,39,42)/b7-5-,10-9-,13-12-,16-15-,19-18-,22-21-,33-31+. The normalized spacial score (nSPS) is 14.3. The van der Waals surface area contributed by atoms with Crippen molar-refractivity contribution in [1.82, 2.24) is 5.32 Å². The average molecular weight is 582 g/mol. The summed E-state index contributed by atoms with van der Waals surface area (Å²) >= 11 is 0. The molecule has 238 valence electrons. The van der Waals surface area contributed by atoms with Crippen LogP contribution in [0.5, 0.6) is 0 Å². The number of rotatable bonds is 28. The van der Waals surface area contributed by atoms with E-state index in [9.17, 15) is 15.0 Å². The molecular formula is C38H63NO3. The molecule has 0 aromatic heterocycles. The van der Waals surface area contributed by atoms with Crippen LogP contribution in [-0.4, -0.2) is 34.9 Å². The van der Waals surface area contributed by atoms with Crippen LogP contribution in [0.15, 0.2) is 85.1 Å². The first-order valence-corrected chi connectivity index (χ1v) is 16.8. The lowest BCUT2D eigenvalue weighted by atomic mass is 10.1. The maximum atomic E-state index is 12.1. The molecule has 0 saturated carbocycles. The molecule has 2 atom stereocenters. The molecule has 0 aliphatic rings. The number of nitrogens with one attached hydrogen (secondary N) is 1. The fourth-order valence-electron chi connectivity index (χ4n) is 4.30. The third kappa shape index (κ3) is 29.1. The molecule has 4 nitrogen and oxygen atoms in total. The number of hydrogen-bond donors (Lipinski definition) is 3. The molecule has 0 radical (unpaired) electrons. The van der Waals surface area contributed by atoms with E-state index in [1.165, 1.54) is 32.1 Å². The Balaban J connectivity index is 3.57. The Bertz CT molecular complexity index is 803. The number of carbonyl (C=O) groups excluding carboxylic acids is 1. The van der Waals surface area contributed by atoms with Crippen molar-refractivity contribution < 1.29 is 15.0 Å². The van der Waals surface area contributed by atoms with E-state index in [1.807, 2.05) is 6.08 Å². The Kier molecular flexibility index (Phi) is 31.2. The lowest BCUT2D eigenvalue weighted by molar-refractivity contribution is -0.123. The van der Waals surface area contributed by atoms with Gasteiger partial charge in [-0.1, -0.05) is 144 Å². The molecule has 0 aliphatic heterocycles. The van der Waals surface area contributed by atoms with E-state index in [2.05, 4.69) is 92.1 Å². The van der Waals surface area contributed by atoms with E-state index >= 15 is 0 Å². The van der Waals surface area contributed by atoms with Crippen LogP contribution in [0.1, 0.15) is 129 Å². The maximum Gasteiger partial charge on any atom is 0.220 e. The Labute approximate surface area is 259 Å². The van der Waals surface area contributed by atoms with Gasteiger partial charge in [-0.2, -0.15) is 0 Å². The molecule has 0 fully saturated rings. The monoisotopic (exact) mass is 581 g/mol. The Morgan fingerprint density at radius 3 is 1.52 bits per heavy atom. The SMILES string of the molecule is CC/C=C\C/C=C\C/C=C\C/C=C\C/C=C\C/C=C\CCCCCCCCCCC(=O)NC(CO)C(O)/C=C/CCC. The summed E-state index contributed by atoms with van der Waals surface area (Å²) < 4.78 is 0. The summed E-state index contributed by atoms with van der Waals surface area (Å²) in [4.78, 5) is 12.1. The van der Waals surface area contributed by atoms with E-state index in [4.69, 9.17) is 0 Å². The Morgan fingerprint density at radius 1 is 0.595 bits per heavy atom. The predicted molar refractivity (Wildman–Crippen MR) is 183 cm³/mol. The van der Waals surface area contributed by atoms with E-state index < -0.39 is 12.1 Å². The summed E-state index contributed by atoms with van der Waals surface area (Å²) in [5.41, 5.74) is 0. The average Bonchev–Trinajstić information content (AvgIpc) is 2.99. The molecule has 4 heteroatoms. The minimum Gasteiger partial charge on any atom is -0.394 e. The van der Waals surface area contributed by atoms with Crippen LogP contribution in [0.25, 0.3) is 0 Å². The molecule has 3 N–H and O–H groups in total. The summed E-state index contributed by atoms with van der Waals surface area (Å²) in [6, 6.07) is -0.626. The zero-order chi connectivity index (χ0) is 30.8. The number of allylic oxidation sites excluding steroid dienone is 13. The van der Waals surface area contributed by atoms with Crippen molar-refractivity contribution in [2.75, 3.05) is 6.61 Å². The smallest absolute Gasteiger partial charge is 0.220 e. The van der Waals surface area contributed by atoms with E-state index in [-0.39, 0.29) is 12.5 Å². The highest BCUT2D eigenvalue weighted by atomic mass is 16.3. The minimum atomic E-state index is -0.843. The van der Waals surface area contributed by atoms with Gasteiger partial charge >= 0.3 is 0 Å². The second-order valence-corrected chi connectivity index (χ2v) is 10.8. The number of carbonyl (C=O) groups is 1. The number of amides is 1. The van der Waals surface area contributed by atoms with Crippen molar-refractivity contribution in [3.8, 4) is 0 Å². The van der Waals surface area contributed by atoms with Crippen LogP contribution >= 0.6 is 0 Å². The molecule has 42 heavy (non-hydrogen) atoms. The quantitative estimate of drug-likeness (QED) is 0.0636.